The fourth-order valence-corrected chi connectivity index (χ4v) is 1.52. The maximum atomic E-state index is 12.1. The third-order valence-electron chi connectivity index (χ3n) is 1.98. The van der Waals surface area contributed by atoms with E-state index >= 15 is 0 Å². The van der Waals surface area contributed by atoms with Gasteiger partial charge in [0.15, 0.2) is 0 Å². The summed E-state index contributed by atoms with van der Waals surface area (Å²) >= 11 is 3.19. The third-order valence-corrected chi connectivity index (χ3v) is 2.51. The van der Waals surface area contributed by atoms with Crippen LogP contribution in [-0.2, 0) is 4.79 Å². The predicted octanol–water partition coefficient (Wildman–Crippen LogP) is 3.27. The molecule has 0 aromatic heterocycles. The average molecular weight is 279 g/mol. The van der Waals surface area contributed by atoms with Crippen molar-refractivity contribution >= 4 is 21.9 Å². The van der Waals surface area contributed by atoms with Crippen LogP contribution < -0.4 is 0 Å². The van der Waals surface area contributed by atoms with E-state index in [1.807, 2.05) is 0 Å². The Morgan fingerprint density at radius 1 is 1.33 bits per heavy atom. The van der Waals surface area contributed by atoms with Gasteiger partial charge in [0, 0.05) is 10.9 Å². The highest BCUT2D eigenvalue weighted by molar-refractivity contribution is 9.10. The molecule has 0 saturated carbocycles. The highest BCUT2D eigenvalue weighted by atomic mass is 79.9. The Kier molecular flexibility index (Phi) is 4.20. The minimum atomic E-state index is -2.62. The summed E-state index contributed by atoms with van der Waals surface area (Å²) in [6.07, 6.45) is -3.27. The minimum Gasteiger partial charge on any atom is -0.481 e. The van der Waals surface area contributed by atoms with Crippen LogP contribution in [0.5, 0.6) is 0 Å². The Bertz CT molecular complexity index is 338. The maximum Gasteiger partial charge on any atom is 0.311 e. The van der Waals surface area contributed by atoms with Gasteiger partial charge in [-0.05, 0) is 17.7 Å². The number of hydrogen-bond acceptors (Lipinski definition) is 1. The van der Waals surface area contributed by atoms with Crippen LogP contribution in [0.15, 0.2) is 28.7 Å². The Morgan fingerprint density at radius 2 is 1.87 bits per heavy atom. The van der Waals surface area contributed by atoms with Gasteiger partial charge in [-0.2, -0.15) is 0 Å². The van der Waals surface area contributed by atoms with Crippen molar-refractivity contribution in [2.24, 2.45) is 0 Å². The number of carboxylic acid groups (broad SMARTS) is 1. The molecular weight excluding hydrogens is 270 g/mol. The Hall–Kier alpha value is -0.970. The predicted molar refractivity (Wildman–Crippen MR) is 55.1 cm³/mol. The first-order valence-corrected chi connectivity index (χ1v) is 5.06. The first-order valence-electron chi connectivity index (χ1n) is 4.27. The largest absolute Gasteiger partial charge is 0.481 e. The standard InChI is InChI=1S/C10H9BrF2O2/c11-7-3-1-6(2-4-7)8(10(14)15)5-9(12)13/h1-4,8-9H,5H2,(H,14,15). The van der Waals surface area contributed by atoms with E-state index < -0.39 is 24.7 Å². The van der Waals surface area contributed by atoms with Crippen molar-refractivity contribution in [3.8, 4) is 0 Å². The topological polar surface area (TPSA) is 37.3 Å². The van der Waals surface area contributed by atoms with Crippen LogP contribution in [0.1, 0.15) is 17.9 Å². The molecular formula is C10H9BrF2O2. The van der Waals surface area contributed by atoms with Gasteiger partial charge in [0.2, 0.25) is 6.43 Å². The van der Waals surface area contributed by atoms with E-state index in [0.717, 1.165) is 4.47 Å². The molecule has 82 valence electrons. The average Bonchev–Trinajstić information content (AvgIpc) is 2.15. The van der Waals surface area contributed by atoms with Gasteiger partial charge in [0.1, 0.15) is 0 Å². The van der Waals surface area contributed by atoms with Crippen LogP contribution in [0.25, 0.3) is 0 Å². The normalized spacial score (nSPS) is 12.8. The number of rotatable bonds is 4. The van der Waals surface area contributed by atoms with Crippen LogP contribution in [0.4, 0.5) is 8.78 Å². The summed E-state index contributed by atoms with van der Waals surface area (Å²) in [7, 11) is 0. The molecule has 0 radical (unpaired) electrons. The van der Waals surface area contributed by atoms with Crippen LogP contribution in [0.2, 0.25) is 0 Å². The lowest BCUT2D eigenvalue weighted by molar-refractivity contribution is -0.139. The molecule has 0 aliphatic carbocycles. The quantitative estimate of drug-likeness (QED) is 0.918. The van der Waals surface area contributed by atoms with Crippen LogP contribution in [-0.4, -0.2) is 17.5 Å². The minimum absolute atomic E-state index is 0.394. The van der Waals surface area contributed by atoms with E-state index in [1.165, 1.54) is 12.1 Å². The summed E-state index contributed by atoms with van der Waals surface area (Å²) in [6.45, 7) is 0. The molecule has 1 unspecified atom stereocenters. The number of halogens is 3. The number of alkyl halides is 2. The zero-order valence-electron chi connectivity index (χ0n) is 7.66. The Morgan fingerprint density at radius 3 is 2.27 bits per heavy atom. The molecule has 0 aliphatic rings. The van der Waals surface area contributed by atoms with Gasteiger partial charge in [-0.1, -0.05) is 28.1 Å². The second-order valence-electron chi connectivity index (χ2n) is 3.07. The maximum absolute atomic E-state index is 12.1. The van der Waals surface area contributed by atoms with E-state index in [4.69, 9.17) is 5.11 Å². The van der Waals surface area contributed by atoms with Gasteiger partial charge in [0.05, 0.1) is 5.92 Å². The van der Waals surface area contributed by atoms with Gasteiger partial charge >= 0.3 is 5.97 Å². The van der Waals surface area contributed by atoms with Crippen molar-refractivity contribution in [2.45, 2.75) is 18.8 Å². The van der Waals surface area contributed by atoms with Crippen LogP contribution in [0, 0.1) is 0 Å². The smallest absolute Gasteiger partial charge is 0.311 e. The molecule has 1 rings (SSSR count). The fraction of sp³-hybridized carbons (Fsp3) is 0.300. The summed E-state index contributed by atoms with van der Waals surface area (Å²) in [5.74, 6) is -2.37. The van der Waals surface area contributed by atoms with Crippen molar-refractivity contribution < 1.29 is 18.7 Å². The molecule has 2 nitrogen and oxygen atoms in total. The molecule has 0 fully saturated rings. The van der Waals surface area contributed by atoms with E-state index in [-0.39, 0.29) is 0 Å². The second-order valence-corrected chi connectivity index (χ2v) is 3.98. The van der Waals surface area contributed by atoms with Crippen LogP contribution >= 0.6 is 15.9 Å². The van der Waals surface area contributed by atoms with Crippen molar-refractivity contribution in [1.29, 1.82) is 0 Å². The van der Waals surface area contributed by atoms with Crippen molar-refractivity contribution in [3.63, 3.8) is 0 Å². The van der Waals surface area contributed by atoms with Gasteiger partial charge in [0.25, 0.3) is 0 Å². The molecule has 1 aromatic rings. The molecule has 0 heterocycles. The van der Waals surface area contributed by atoms with E-state index in [9.17, 15) is 13.6 Å². The molecule has 0 bridgehead atoms. The monoisotopic (exact) mass is 278 g/mol. The SMILES string of the molecule is O=C(O)C(CC(F)F)c1ccc(Br)cc1. The number of benzene rings is 1. The zero-order valence-corrected chi connectivity index (χ0v) is 9.25. The lowest BCUT2D eigenvalue weighted by Gasteiger charge is -2.11. The number of carbonyl (C=O) groups is 1. The Labute approximate surface area is 94.0 Å². The first-order chi connectivity index (χ1) is 7.00. The first kappa shape index (κ1) is 12.1. The van der Waals surface area contributed by atoms with E-state index in [2.05, 4.69) is 15.9 Å². The highest BCUT2D eigenvalue weighted by Gasteiger charge is 2.23. The van der Waals surface area contributed by atoms with Crippen molar-refractivity contribution in [3.05, 3.63) is 34.3 Å². The summed E-state index contributed by atoms with van der Waals surface area (Å²) in [5.41, 5.74) is 0.394. The summed E-state index contributed by atoms with van der Waals surface area (Å²) in [4.78, 5) is 10.8. The molecule has 0 aliphatic heterocycles. The molecule has 1 aromatic carbocycles. The van der Waals surface area contributed by atoms with Gasteiger partial charge in [-0.3, -0.25) is 4.79 Å². The lowest BCUT2D eigenvalue weighted by Crippen LogP contribution is -2.14. The zero-order chi connectivity index (χ0) is 11.4. The molecule has 1 atom stereocenters. The van der Waals surface area contributed by atoms with Gasteiger partial charge in [-0.15, -0.1) is 0 Å². The molecule has 0 amide bonds. The third kappa shape index (κ3) is 3.58. The molecule has 15 heavy (non-hydrogen) atoms. The second kappa shape index (κ2) is 5.21. The van der Waals surface area contributed by atoms with Gasteiger partial charge < -0.3 is 5.11 Å². The molecule has 1 N–H and O–H groups in total. The Balaban J connectivity index is 2.89. The summed E-state index contributed by atoms with van der Waals surface area (Å²) in [6, 6.07) is 6.34. The lowest BCUT2D eigenvalue weighted by atomic mass is 9.96. The summed E-state index contributed by atoms with van der Waals surface area (Å²) < 4.78 is 25.1. The molecule has 5 heteroatoms. The number of carboxylic acids is 1. The van der Waals surface area contributed by atoms with Crippen LogP contribution in [0.3, 0.4) is 0 Å². The molecule has 0 spiro atoms. The van der Waals surface area contributed by atoms with E-state index in [0.29, 0.717) is 5.56 Å². The fourth-order valence-electron chi connectivity index (χ4n) is 1.25. The highest BCUT2D eigenvalue weighted by Crippen LogP contribution is 2.24. The van der Waals surface area contributed by atoms with Crippen molar-refractivity contribution in [1.82, 2.24) is 0 Å². The van der Waals surface area contributed by atoms with Gasteiger partial charge in [-0.25, -0.2) is 8.78 Å². The van der Waals surface area contributed by atoms with Crippen molar-refractivity contribution in [2.75, 3.05) is 0 Å². The van der Waals surface area contributed by atoms with E-state index in [1.54, 1.807) is 12.1 Å². The molecule has 0 saturated heterocycles. The summed E-state index contributed by atoms with van der Waals surface area (Å²) in [5, 5.41) is 8.80. The number of hydrogen-bond donors (Lipinski definition) is 1. The number of aliphatic carboxylic acids is 1.